The summed E-state index contributed by atoms with van der Waals surface area (Å²) in [4.78, 5) is 38.4. The van der Waals surface area contributed by atoms with Crippen LogP contribution in [0.4, 0.5) is 0 Å². The molecule has 0 spiro atoms. The van der Waals surface area contributed by atoms with E-state index in [0.717, 1.165) is 19.3 Å². The van der Waals surface area contributed by atoms with Crippen LogP contribution in [-0.4, -0.2) is 53.5 Å². The Morgan fingerprint density at radius 3 is 2.68 bits per heavy atom. The van der Waals surface area contributed by atoms with Gasteiger partial charge in [-0.15, -0.1) is 0 Å². The molecule has 2 aliphatic rings. The zero-order chi connectivity index (χ0) is 17.8. The van der Waals surface area contributed by atoms with Gasteiger partial charge in [-0.25, -0.2) is 0 Å². The van der Waals surface area contributed by atoms with Crippen molar-refractivity contribution in [3.05, 3.63) is 18.0 Å². The second-order valence-corrected chi connectivity index (χ2v) is 6.94. The normalized spacial score (nSPS) is 24.8. The molecule has 2 heterocycles. The minimum absolute atomic E-state index is 0.0200. The highest BCUT2D eigenvalue weighted by molar-refractivity contribution is 5.91. The van der Waals surface area contributed by atoms with Crippen LogP contribution in [0, 0.1) is 5.92 Å². The molecule has 8 nitrogen and oxygen atoms in total. The van der Waals surface area contributed by atoms with Crippen LogP contribution in [0.15, 0.2) is 16.8 Å². The van der Waals surface area contributed by atoms with Crippen LogP contribution in [0.2, 0.25) is 0 Å². The van der Waals surface area contributed by atoms with E-state index in [4.69, 9.17) is 4.52 Å². The molecule has 1 aliphatic heterocycles. The van der Waals surface area contributed by atoms with Crippen molar-refractivity contribution in [2.24, 2.45) is 5.92 Å². The van der Waals surface area contributed by atoms with Crippen LogP contribution in [0.5, 0.6) is 0 Å². The van der Waals surface area contributed by atoms with Crippen molar-refractivity contribution in [2.75, 3.05) is 13.6 Å². The second kappa shape index (κ2) is 7.67. The first kappa shape index (κ1) is 17.4. The van der Waals surface area contributed by atoms with Gasteiger partial charge in [-0.3, -0.25) is 14.4 Å². The lowest BCUT2D eigenvalue weighted by atomic mass is 9.96. The topological polar surface area (TPSA) is 105 Å². The van der Waals surface area contributed by atoms with Gasteiger partial charge in [-0.1, -0.05) is 11.6 Å². The molecule has 25 heavy (non-hydrogen) atoms. The molecule has 3 rings (SSSR count). The molecule has 2 atom stereocenters. The van der Waals surface area contributed by atoms with Gasteiger partial charge in [0.25, 0.3) is 5.91 Å². The second-order valence-electron chi connectivity index (χ2n) is 6.94. The predicted molar refractivity (Wildman–Crippen MR) is 88.5 cm³/mol. The maximum Gasteiger partial charge on any atom is 0.290 e. The van der Waals surface area contributed by atoms with Crippen molar-refractivity contribution in [2.45, 2.75) is 50.6 Å². The highest BCUT2D eigenvalue weighted by atomic mass is 16.5. The Morgan fingerprint density at radius 1 is 1.20 bits per heavy atom. The number of amides is 3. The van der Waals surface area contributed by atoms with Crippen molar-refractivity contribution in [3.8, 4) is 0 Å². The average Bonchev–Trinajstić information content (AvgIpc) is 3.20. The number of hydrogen-bond donors (Lipinski definition) is 2. The number of rotatable bonds is 4. The van der Waals surface area contributed by atoms with Crippen molar-refractivity contribution in [3.63, 3.8) is 0 Å². The van der Waals surface area contributed by atoms with E-state index in [1.807, 2.05) is 0 Å². The molecule has 1 aromatic rings. The molecular weight excluding hydrogens is 324 g/mol. The highest BCUT2D eigenvalue weighted by Crippen LogP contribution is 2.23. The molecular formula is C17H24N4O4. The zero-order valence-corrected chi connectivity index (χ0v) is 14.4. The molecule has 1 aliphatic carbocycles. The molecule has 8 heteroatoms. The lowest BCUT2D eigenvalue weighted by molar-refractivity contribution is -0.135. The van der Waals surface area contributed by atoms with E-state index in [0.29, 0.717) is 25.4 Å². The van der Waals surface area contributed by atoms with E-state index in [-0.39, 0.29) is 41.9 Å². The Kier molecular flexibility index (Phi) is 5.35. The minimum Gasteiger partial charge on any atom is -0.353 e. The van der Waals surface area contributed by atoms with Crippen LogP contribution < -0.4 is 10.6 Å². The van der Waals surface area contributed by atoms with E-state index in [9.17, 15) is 14.4 Å². The van der Waals surface area contributed by atoms with Crippen molar-refractivity contribution in [1.29, 1.82) is 0 Å². The number of hydrogen-bond acceptors (Lipinski definition) is 5. The number of carbonyl (C=O) groups excluding carboxylic acids is 3. The van der Waals surface area contributed by atoms with Crippen molar-refractivity contribution >= 4 is 17.7 Å². The number of nitrogens with zero attached hydrogens (tertiary/aromatic N) is 2. The monoisotopic (exact) mass is 348 g/mol. The summed E-state index contributed by atoms with van der Waals surface area (Å²) in [5, 5.41) is 9.40. The van der Waals surface area contributed by atoms with E-state index in [2.05, 4.69) is 15.8 Å². The van der Waals surface area contributed by atoms with Crippen LogP contribution in [0.25, 0.3) is 0 Å². The molecule has 0 bridgehead atoms. The maximum absolute atomic E-state index is 12.4. The lowest BCUT2D eigenvalue weighted by Gasteiger charge is -2.24. The Morgan fingerprint density at radius 2 is 2.00 bits per heavy atom. The standard InChI is InChI=1S/C17H24N4O4/c1-21-10-13(20-17(24)14-7-8-18-25-14)4-2-3-11(9-15(21)22)16(23)19-12-5-6-12/h7-8,11-13H,2-6,9-10H2,1H3,(H,19,23)(H,20,24)/t11-,13-/m1/s1. The molecule has 0 aromatic carbocycles. The van der Waals surface area contributed by atoms with Gasteiger partial charge in [-0.2, -0.15) is 0 Å². The third-order valence-corrected chi connectivity index (χ3v) is 4.74. The largest absolute Gasteiger partial charge is 0.353 e. The minimum atomic E-state index is -0.342. The zero-order valence-electron chi connectivity index (χ0n) is 14.4. The van der Waals surface area contributed by atoms with Crippen LogP contribution >= 0.6 is 0 Å². The molecule has 2 N–H and O–H groups in total. The molecule has 0 unspecified atom stereocenters. The SMILES string of the molecule is CN1C[C@H](NC(=O)c2ccno2)CCC[C@@H](C(=O)NC2CC2)CC1=O. The number of nitrogens with one attached hydrogen (secondary N) is 2. The van der Waals surface area contributed by atoms with Gasteiger partial charge in [0.1, 0.15) is 0 Å². The van der Waals surface area contributed by atoms with E-state index in [1.165, 1.54) is 12.3 Å². The summed E-state index contributed by atoms with van der Waals surface area (Å²) in [6.45, 7) is 0.412. The highest BCUT2D eigenvalue weighted by Gasteiger charge is 2.31. The van der Waals surface area contributed by atoms with Gasteiger partial charge >= 0.3 is 0 Å². The Bertz CT molecular complexity index is 627. The van der Waals surface area contributed by atoms with Gasteiger partial charge < -0.3 is 20.1 Å². The predicted octanol–water partition coefficient (Wildman–Crippen LogP) is 0.700. The van der Waals surface area contributed by atoms with Crippen LogP contribution in [0.1, 0.15) is 49.1 Å². The molecule has 2 fully saturated rings. The first-order chi connectivity index (χ1) is 12.0. The van der Waals surface area contributed by atoms with Crippen LogP contribution in [0.3, 0.4) is 0 Å². The summed E-state index contributed by atoms with van der Waals surface area (Å²) < 4.78 is 4.86. The lowest BCUT2D eigenvalue weighted by Crippen LogP contribution is -2.44. The maximum atomic E-state index is 12.4. The summed E-state index contributed by atoms with van der Waals surface area (Å²) >= 11 is 0. The summed E-state index contributed by atoms with van der Waals surface area (Å²) in [6.07, 6.45) is 5.81. The first-order valence-corrected chi connectivity index (χ1v) is 8.79. The average molecular weight is 348 g/mol. The fraction of sp³-hybridized carbons (Fsp3) is 0.647. The molecule has 136 valence electrons. The van der Waals surface area contributed by atoms with Gasteiger partial charge in [-0.05, 0) is 25.7 Å². The van der Waals surface area contributed by atoms with Gasteiger partial charge in [0.15, 0.2) is 0 Å². The van der Waals surface area contributed by atoms with E-state index < -0.39 is 0 Å². The third kappa shape index (κ3) is 4.80. The molecule has 1 saturated carbocycles. The first-order valence-electron chi connectivity index (χ1n) is 8.79. The van der Waals surface area contributed by atoms with Gasteiger partial charge in [0.05, 0.1) is 6.20 Å². The number of aromatic nitrogens is 1. The summed E-state index contributed by atoms with van der Waals surface area (Å²) in [5.74, 6) is -0.578. The quantitative estimate of drug-likeness (QED) is 0.833. The Balaban J connectivity index is 1.60. The molecule has 0 radical (unpaired) electrons. The summed E-state index contributed by atoms with van der Waals surface area (Å²) in [7, 11) is 1.71. The van der Waals surface area contributed by atoms with Crippen LogP contribution in [-0.2, 0) is 9.59 Å². The number of carbonyl (C=O) groups is 3. The smallest absolute Gasteiger partial charge is 0.290 e. The van der Waals surface area contributed by atoms with Crippen molar-refractivity contribution < 1.29 is 18.9 Å². The van der Waals surface area contributed by atoms with Gasteiger partial charge in [0.2, 0.25) is 17.6 Å². The van der Waals surface area contributed by atoms with E-state index >= 15 is 0 Å². The number of likely N-dealkylation sites (N-methyl/N-ethyl adjacent to an activating group) is 1. The Hall–Kier alpha value is -2.38. The molecule has 3 amide bonds. The summed E-state index contributed by atoms with van der Waals surface area (Å²) in [5.41, 5.74) is 0. The van der Waals surface area contributed by atoms with E-state index in [1.54, 1.807) is 11.9 Å². The van der Waals surface area contributed by atoms with Gasteiger partial charge in [0, 0.05) is 44.1 Å². The fourth-order valence-electron chi connectivity index (χ4n) is 3.08. The Labute approximate surface area is 146 Å². The fourth-order valence-corrected chi connectivity index (χ4v) is 3.08. The summed E-state index contributed by atoms with van der Waals surface area (Å²) in [6, 6.07) is 1.61. The molecule has 1 aromatic heterocycles. The third-order valence-electron chi connectivity index (χ3n) is 4.74. The molecule has 1 saturated heterocycles. The van der Waals surface area contributed by atoms with Crippen molar-refractivity contribution in [1.82, 2.24) is 20.7 Å².